The van der Waals surface area contributed by atoms with Gasteiger partial charge in [-0.2, -0.15) is 0 Å². The fraction of sp³-hybridized carbons (Fsp3) is 0.864. The van der Waals surface area contributed by atoms with Crippen LogP contribution in [0.4, 0.5) is 18.4 Å². The summed E-state index contributed by atoms with van der Waals surface area (Å²) in [7, 11) is 0. The molecule has 0 aromatic rings. The average Bonchev–Trinajstić information content (AvgIpc) is 2.64. The SMILES string of the molecule is CC(C)(C)OC(=O)N1CCC(=O)C(F)C1.CC(C)(C)OC(=O)N1CCC(O)C(F)C1.CCO.[B].[H-].[Na+]. The number of rotatable bonds is 0. The largest absolute Gasteiger partial charge is 1.00 e. The Hall–Kier alpha value is -0.945. The maximum atomic E-state index is 13.1. The second kappa shape index (κ2) is 17.5. The number of amides is 2. The molecule has 35 heavy (non-hydrogen) atoms. The van der Waals surface area contributed by atoms with E-state index >= 15 is 0 Å². The maximum absolute atomic E-state index is 13.1. The van der Waals surface area contributed by atoms with Gasteiger partial charge in [0.2, 0.25) is 0 Å². The molecule has 2 heterocycles. The molecule has 0 saturated carbocycles. The second-order valence-electron chi connectivity index (χ2n) is 9.72. The van der Waals surface area contributed by atoms with Crippen molar-refractivity contribution in [2.75, 3.05) is 32.8 Å². The van der Waals surface area contributed by atoms with Gasteiger partial charge in [-0.05, 0) is 54.9 Å². The molecular formula is C22H41BF2N2NaO7. The van der Waals surface area contributed by atoms with E-state index in [1.807, 2.05) is 0 Å². The summed E-state index contributed by atoms with van der Waals surface area (Å²) in [5, 5.41) is 16.7. The summed E-state index contributed by atoms with van der Waals surface area (Å²) < 4.78 is 36.3. The second-order valence-corrected chi connectivity index (χ2v) is 9.72. The normalized spacial score (nSPS) is 22.1. The molecule has 3 unspecified atom stereocenters. The Bertz CT molecular complexity index is 655. The van der Waals surface area contributed by atoms with Gasteiger partial charge in [0.05, 0.1) is 19.2 Å². The molecule has 2 aliphatic heterocycles. The van der Waals surface area contributed by atoms with E-state index in [1.54, 1.807) is 48.5 Å². The summed E-state index contributed by atoms with van der Waals surface area (Å²) in [4.78, 5) is 36.4. The number of carbonyl (C=O) groups is 3. The quantitative estimate of drug-likeness (QED) is 0.420. The summed E-state index contributed by atoms with van der Waals surface area (Å²) in [6, 6.07) is 0. The van der Waals surface area contributed by atoms with Crippen LogP contribution >= 0.6 is 0 Å². The number of likely N-dealkylation sites (tertiary alicyclic amines) is 2. The Balaban J connectivity index is -0.000000238. The predicted octanol–water partition coefficient (Wildman–Crippen LogP) is -0.405. The summed E-state index contributed by atoms with van der Waals surface area (Å²) in [5.41, 5.74) is -1.16. The zero-order valence-electron chi connectivity index (χ0n) is 23.3. The Morgan fingerprint density at radius 3 is 1.74 bits per heavy atom. The van der Waals surface area contributed by atoms with Gasteiger partial charge in [-0.15, -0.1) is 0 Å². The number of carbonyl (C=O) groups excluding carboxylic acids is 3. The molecule has 0 aliphatic carbocycles. The zero-order valence-corrected chi connectivity index (χ0v) is 24.3. The van der Waals surface area contributed by atoms with Gasteiger partial charge in [-0.25, -0.2) is 18.4 Å². The number of piperidine rings is 2. The van der Waals surface area contributed by atoms with Crippen molar-refractivity contribution in [2.24, 2.45) is 0 Å². The van der Waals surface area contributed by atoms with E-state index in [4.69, 9.17) is 19.7 Å². The van der Waals surface area contributed by atoms with Gasteiger partial charge in [-0.3, -0.25) is 4.79 Å². The number of hydrogen-bond acceptors (Lipinski definition) is 7. The topological polar surface area (TPSA) is 117 Å². The molecule has 0 aromatic carbocycles. The van der Waals surface area contributed by atoms with E-state index in [2.05, 4.69) is 0 Å². The van der Waals surface area contributed by atoms with Crippen LogP contribution in [0.25, 0.3) is 0 Å². The molecule has 0 spiro atoms. The number of hydrogen-bond donors (Lipinski definition) is 2. The number of Topliss-reactive ketones (excluding diaryl/α,β-unsaturated/α-hetero) is 1. The van der Waals surface area contributed by atoms with Crippen LogP contribution in [0.5, 0.6) is 0 Å². The molecule has 2 rings (SSSR count). The Morgan fingerprint density at radius 2 is 1.40 bits per heavy atom. The number of alkyl halides is 2. The standard InChI is InChI=1S/C10H18FNO3.C10H16FNO3.C2H6O.B.Na.H/c2*1-10(2,3)15-9(14)12-5-4-8(13)7(11)6-12;1-2-3;;;/h7-8,13H,4-6H2,1-3H3;7H,4-6H2,1-3H3;3H,2H2,1H3;;;/q;;;;+1;-1. The molecule has 3 atom stereocenters. The van der Waals surface area contributed by atoms with Crippen molar-refractivity contribution >= 4 is 26.4 Å². The van der Waals surface area contributed by atoms with Crippen molar-refractivity contribution in [3.8, 4) is 0 Å². The van der Waals surface area contributed by atoms with Gasteiger partial charge in [0.25, 0.3) is 0 Å². The van der Waals surface area contributed by atoms with Crippen molar-refractivity contribution in [3.63, 3.8) is 0 Å². The van der Waals surface area contributed by atoms with Gasteiger partial charge < -0.3 is 30.9 Å². The molecule has 2 N–H and O–H groups in total. The summed E-state index contributed by atoms with van der Waals surface area (Å²) in [6.45, 7) is 12.8. The first-order valence-electron chi connectivity index (χ1n) is 11.1. The van der Waals surface area contributed by atoms with Crippen molar-refractivity contribution in [3.05, 3.63) is 0 Å². The minimum absolute atomic E-state index is 0. The molecule has 199 valence electrons. The van der Waals surface area contributed by atoms with E-state index in [1.165, 1.54) is 9.80 Å². The average molecular weight is 517 g/mol. The van der Waals surface area contributed by atoms with Crippen molar-refractivity contribution in [1.82, 2.24) is 9.80 Å². The smallest absolute Gasteiger partial charge is 1.00 e. The molecule has 0 aromatic heterocycles. The third-order valence-corrected chi connectivity index (χ3v) is 4.17. The molecule has 13 heteroatoms. The van der Waals surface area contributed by atoms with Gasteiger partial charge in [0.15, 0.2) is 12.0 Å². The summed E-state index contributed by atoms with van der Waals surface area (Å²) >= 11 is 0. The third-order valence-electron chi connectivity index (χ3n) is 4.17. The van der Waals surface area contributed by atoms with E-state index in [-0.39, 0.29) is 78.5 Å². The molecule has 9 nitrogen and oxygen atoms in total. The van der Waals surface area contributed by atoms with E-state index < -0.39 is 47.6 Å². The molecule has 3 radical (unpaired) electrons. The van der Waals surface area contributed by atoms with Crippen LogP contribution in [-0.2, 0) is 14.3 Å². The van der Waals surface area contributed by atoms with Gasteiger partial charge in [-0.1, -0.05) is 0 Å². The molecule has 0 bridgehead atoms. The van der Waals surface area contributed by atoms with Crippen LogP contribution in [0.3, 0.4) is 0 Å². The number of halogens is 2. The molecule has 2 aliphatic rings. The minimum Gasteiger partial charge on any atom is -1.00 e. The Kier molecular flexibility index (Phi) is 19.3. The fourth-order valence-electron chi connectivity index (χ4n) is 2.67. The number of nitrogens with zero attached hydrogens (tertiary/aromatic N) is 2. The summed E-state index contributed by atoms with van der Waals surface area (Å²) in [6.07, 6.45) is -4.63. The van der Waals surface area contributed by atoms with E-state index in [0.29, 0.717) is 6.54 Å². The van der Waals surface area contributed by atoms with Crippen LogP contribution in [-0.4, -0.2) is 109 Å². The Morgan fingerprint density at radius 1 is 1.00 bits per heavy atom. The number of ketones is 1. The van der Waals surface area contributed by atoms with Gasteiger partial charge in [0.1, 0.15) is 17.4 Å². The van der Waals surface area contributed by atoms with E-state index in [0.717, 1.165) is 0 Å². The van der Waals surface area contributed by atoms with Crippen LogP contribution in [0, 0.1) is 0 Å². The predicted molar refractivity (Wildman–Crippen MR) is 125 cm³/mol. The zero-order chi connectivity index (χ0) is 26.0. The van der Waals surface area contributed by atoms with Crippen LogP contribution in [0.1, 0.15) is 62.7 Å². The molecular weight excluding hydrogens is 476 g/mol. The number of aliphatic hydroxyl groups excluding tert-OH is 2. The number of ether oxygens (including phenoxy) is 2. The van der Waals surface area contributed by atoms with Crippen molar-refractivity contribution in [2.45, 2.75) is 91.0 Å². The minimum atomic E-state index is -1.56. The van der Waals surface area contributed by atoms with Crippen molar-refractivity contribution < 1.29 is 73.8 Å². The first-order chi connectivity index (χ1) is 15.0. The van der Waals surface area contributed by atoms with Gasteiger partial charge in [0, 0.05) is 34.5 Å². The first kappa shape index (κ1) is 38.6. The molecule has 2 fully saturated rings. The fourth-order valence-corrected chi connectivity index (χ4v) is 2.67. The molecule has 2 amide bonds. The number of aliphatic hydroxyl groups is 2. The van der Waals surface area contributed by atoms with Crippen LogP contribution in [0.2, 0.25) is 0 Å². The maximum Gasteiger partial charge on any atom is 1.00 e. The van der Waals surface area contributed by atoms with Crippen LogP contribution < -0.4 is 29.6 Å². The van der Waals surface area contributed by atoms with E-state index in [9.17, 15) is 23.2 Å². The third kappa shape index (κ3) is 17.2. The monoisotopic (exact) mass is 517 g/mol. The molecule has 2 saturated heterocycles. The summed E-state index contributed by atoms with van der Waals surface area (Å²) in [5.74, 6) is -0.435. The first-order valence-corrected chi connectivity index (χ1v) is 11.1. The van der Waals surface area contributed by atoms with Crippen molar-refractivity contribution in [1.29, 1.82) is 0 Å². The van der Waals surface area contributed by atoms with Crippen LogP contribution in [0.15, 0.2) is 0 Å². The Labute approximate surface area is 233 Å². The van der Waals surface area contributed by atoms with Gasteiger partial charge >= 0.3 is 41.7 Å².